The van der Waals surface area contributed by atoms with Gasteiger partial charge in [-0.2, -0.15) is 9.50 Å². The summed E-state index contributed by atoms with van der Waals surface area (Å²) < 4.78 is 7.09. The molecule has 0 bridgehead atoms. The molecule has 2 aromatic heterocycles. The Labute approximate surface area is 183 Å². The van der Waals surface area contributed by atoms with Crippen LogP contribution in [-0.2, 0) is 4.79 Å². The number of hydrogen-bond acceptors (Lipinski definition) is 7. The highest BCUT2D eigenvalue weighted by Gasteiger charge is 2.16. The summed E-state index contributed by atoms with van der Waals surface area (Å²) in [5, 5.41) is 4.36. The lowest BCUT2D eigenvalue weighted by atomic mass is 10.2. The van der Waals surface area contributed by atoms with Crippen molar-refractivity contribution in [1.29, 1.82) is 0 Å². The number of esters is 1. The molecule has 2 heterocycles. The van der Waals surface area contributed by atoms with Crippen molar-refractivity contribution in [1.82, 2.24) is 14.6 Å². The summed E-state index contributed by atoms with van der Waals surface area (Å²) in [6.45, 7) is 7.48. The number of anilines is 1. The number of aromatic nitrogens is 3. The molecular weight excluding hydrogens is 412 g/mol. The van der Waals surface area contributed by atoms with Crippen LogP contribution in [0.2, 0.25) is 0 Å². The number of fused-ring (bicyclic) bond motifs is 1. The van der Waals surface area contributed by atoms with Crippen molar-refractivity contribution in [3.8, 4) is 17.1 Å². The molecule has 0 saturated heterocycles. The predicted octanol–water partition coefficient (Wildman–Crippen LogP) is 3.14. The van der Waals surface area contributed by atoms with Crippen molar-refractivity contribution in [2.45, 2.75) is 20.8 Å². The molecule has 4 rings (SSSR count). The van der Waals surface area contributed by atoms with Gasteiger partial charge >= 0.3 is 5.97 Å². The zero-order valence-corrected chi connectivity index (χ0v) is 18.3. The molecule has 0 atom stereocenters. The Kier molecular flexibility index (Phi) is 5.81. The molecular formula is C23H22N4O3S. The average molecular weight is 435 g/mol. The number of thiazole rings is 1. The fourth-order valence-corrected chi connectivity index (χ4v) is 4.27. The highest BCUT2D eigenvalue weighted by molar-refractivity contribution is 7.15. The summed E-state index contributed by atoms with van der Waals surface area (Å²) in [5.41, 5.74) is 2.43. The second-order valence-corrected chi connectivity index (χ2v) is 7.91. The van der Waals surface area contributed by atoms with Gasteiger partial charge in [-0.15, -0.1) is 5.10 Å². The Morgan fingerprint density at radius 1 is 1.13 bits per heavy atom. The number of carbonyl (C=O) groups excluding carboxylic acids is 1. The van der Waals surface area contributed by atoms with Crippen LogP contribution in [0.5, 0.6) is 5.75 Å². The standard InChI is InChI=1S/C23H22N4O3S/c1-4-26(5-2)17-12-10-16(11-13-17)14-20-22(29)27-23(31-20)24-21(25-27)18-8-6-7-9-19(18)30-15(3)28/h6-14H,4-5H2,1-3H3/b20-14-. The minimum absolute atomic E-state index is 0.225. The van der Waals surface area contributed by atoms with Gasteiger partial charge in [-0.3, -0.25) is 9.59 Å². The Morgan fingerprint density at radius 3 is 2.48 bits per heavy atom. The number of carbonyl (C=O) groups is 1. The second kappa shape index (κ2) is 8.69. The van der Waals surface area contributed by atoms with E-state index in [-0.39, 0.29) is 5.56 Å². The van der Waals surface area contributed by atoms with Crippen molar-refractivity contribution in [2.24, 2.45) is 0 Å². The summed E-state index contributed by atoms with van der Waals surface area (Å²) in [4.78, 5) is 31.5. The Bertz CT molecular complexity index is 1340. The van der Waals surface area contributed by atoms with Gasteiger partial charge in [0.2, 0.25) is 4.96 Å². The molecule has 0 amide bonds. The Hall–Kier alpha value is -3.52. The number of nitrogens with zero attached hydrogens (tertiary/aromatic N) is 4. The van der Waals surface area contributed by atoms with E-state index >= 15 is 0 Å². The molecule has 0 saturated carbocycles. The van der Waals surface area contributed by atoms with E-state index in [1.54, 1.807) is 24.3 Å². The molecule has 0 aliphatic carbocycles. The van der Waals surface area contributed by atoms with Crippen LogP contribution < -0.4 is 19.7 Å². The summed E-state index contributed by atoms with van der Waals surface area (Å²) in [6, 6.07) is 15.1. The Morgan fingerprint density at radius 2 is 1.84 bits per heavy atom. The minimum Gasteiger partial charge on any atom is -0.426 e. The molecule has 0 fully saturated rings. The summed E-state index contributed by atoms with van der Waals surface area (Å²) in [5.74, 6) is 0.276. The first kappa shape index (κ1) is 20.7. The largest absolute Gasteiger partial charge is 0.426 e. The molecule has 4 aromatic rings. The topological polar surface area (TPSA) is 76.8 Å². The van der Waals surface area contributed by atoms with Gasteiger partial charge in [0.15, 0.2) is 5.82 Å². The van der Waals surface area contributed by atoms with E-state index in [2.05, 4.69) is 41.0 Å². The molecule has 0 aliphatic heterocycles. The third-order valence-corrected chi connectivity index (χ3v) is 5.84. The van der Waals surface area contributed by atoms with E-state index in [0.29, 0.717) is 26.6 Å². The maximum atomic E-state index is 12.9. The number of ether oxygens (including phenoxy) is 1. The first-order valence-electron chi connectivity index (χ1n) is 10.0. The van der Waals surface area contributed by atoms with Gasteiger partial charge < -0.3 is 9.64 Å². The smallest absolute Gasteiger partial charge is 0.308 e. The number of rotatable bonds is 6. The molecule has 0 radical (unpaired) electrons. The molecule has 0 aliphatic rings. The lowest BCUT2D eigenvalue weighted by Gasteiger charge is -2.20. The van der Waals surface area contributed by atoms with E-state index in [1.807, 2.05) is 18.2 Å². The predicted molar refractivity (Wildman–Crippen MR) is 123 cm³/mol. The monoisotopic (exact) mass is 434 g/mol. The van der Waals surface area contributed by atoms with Crippen LogP contribution in [0.4, 0.5) is 5.69 Å². The maximum Gasteiger partial charge on any atom is 0.308 e. The van der Waals surface area contributed by atoms with Gasteiger partial charge in [-0.05, 0) is 49.8 Å². The molecule has 0 N–H and O–H groups in total. The highest BCUT2D eigenvalue weighted by Crippen LogP contribution is 2.27. The minimum atomic E-state index is -0.429. The van der Waals surface area contributed by atoms with Crippen LogP contribution in [-0.4, -0.2) is 33.7 Å². The lowest BCUT2D eigenvalue weighted by Crippen LogP contribution is -2.23. The highest BCUT2D eigenvalue weighted by atomic mass is 32.1. The van der Waals surface area contributed by atoms with Gasteiger partial charge in [0.1, 0.15) is 5.75 Å². The molecule has 7 nitrogen and oxygen atoms in total. The van der Waals surface area contributed by atoms with E-state index in [0.717, 1.165) is 24.3 Å². The fourth-order valence-electron chi connectivity index (χ4n) is 3.36. The van der Waals surface area contributed by atoms with Gasteiger partial charge in [-0.25, -0.2) is 0 Å². The third kappa shape index (κ3) is 4.20. The van der Waals surface area contributed by atoms with Gasteiger partial charge in [0.05, 0.1) is 10.1 Å². The quantitative estimate of drug-likeness (QED) is 0.343. The van der Waals surface area contributed by atoms with E-state index < -0.39 is 5.97 Å². The van der Waals surface area contributed by atoms with Gasteiger partial charge in [-0.1, -0.05) is 35.6 Å². The van der Waals surface area contributed by atoms with Crippen molar-refractivity contribution < 1.29 is 9.53 Å². The first-order valence-corrected chi connectivity index (χ1v) is 10.9. The summed E-state index contributed by atoms with van der Waals surface area (Å²) >= 11 is 1.28. The second-order valence-electron chi connectivity index (χ2n) is 6.90. The maximum absolute atomic E-state index is 12.9. The van der Waals surface area contributed by atoms with Crippen LogP contribution in [0.25, 0.3) is 22.4 Å². The van der Waals surface area contributed by atoms with Gasteiger partial charge in [0.25, 0.3) is 5.56 Å². The van der Waals surface area contributed by atoms with Crippen LogP contribution in [0.15, 0.2) is 53.3 Å². The number of para-hydroxylation sites is 1. The third-order valence-electron chi connectivity index (χ3n) is 4.88. The Balaban J connectivity index is 1.69. The van der Waals surface area contributed by atoms with Crippen LogP contribution >= 0.6 is 11.3 Å². The molecule has 158 valence electrons. The normalized spacial score (nSPS) is 11.8. The van der Waals surface area contributed by atoms with Crippen LogP contribution in [0.3, 0.4) is 0 Å². The summed E-state index contributed by atoms with van der Waals surface area (Å²) in [7, 11) is 0. The molecule has 31 heavy (non-hydrogen) atoms. The van der Waals surface area contributed by atoms with Crippen molar-refractivity contribution in [3.05, 3.63) is 69.0 Å². The molecule has 0 unspecified atom stereocenters. The van der Waals surface area contributed by atoms with Crippen molar-refractivity contribution in [2.75, 3.05) is 18.0 Å². The van der Waals surface area contributed by atoms with Crippen LogP contribution in [0.1, 0.15) is 26.3 Å². The molecule has 0 spiro atoms. The zero-order chi connectivity index (χ0) is 22.0. The summed E-state index contributed by atoms with van der Waals surface area (Å²) in [6.07, 6.45) is 1.85. The zero-order valence-electron chi connectivity index (χ0n) is 17.5. The molecule has 8 heteroatoms. The number of benzene rings is 2. The van der Waals surface area contributed by atoms with Crippen molar-refractivity contribution in [3.63, 3.8) is 0 Å². The van der Waals surface area contributed by atoms with E-state index in [1.165, 1.54) is 22.8 Å². The van der Waals surface area contributed by atoms with E-state index in [4.69, 9.17) is 4.74 Å². The fraction of sp³-hybridized carbons (Fsp3) is 0.217. The van der Waals surface area contributed by atoms with Crippen molar-refractivity contribution >= 4 is 34.0 Å². The van der Waals surface area contributed by atoms with Crippen LogP contribution in [0, 0.1) is 0 Å². The number of hydrogen-bond donors (Lipinski definition) is 0. The van der Waals surface area contributed by atoms with Gasteiger partial charge in [0, 0.05) is 25.7 Å². The molecule has 2 aromatic carbocycles. The first-order chi connectivity index (χ1) is 15.0. The lowest BCUT2D eigenvalue weighted by molar-refractivity contribution is -0.131. The average Bonchev–Trinajstić information content (AvgIpc) is 3.29. The SMILES string of the molecule is CCN(CC)c1ccc(/C=c2\sc3nc(-c4ccccc4OC(C)=O)nn3c2=O)cc1. The van der Waals surface area contributed by atoms with E-state index in [9.17, 15) is 9.59 Å².